The molecular formula is C20H18N2O6. The molecular weight excluding hydrogens is 364 g/mol. The number of imide groups is 1. The number of anilines is 2. The largest absolute Gasteiger partial charge is 0.478 e. The van der Waals surface area contributed by atoms with Gasteiger partial charge in [0.15, 0.2) is 0 Å². The SMILES string of the molecule is CCc1ccccc1NC1CC(=O)N(c2cc(C(=O)O)cc(C(=O)O)c2)C1=O. The first-order valence-electron chi connectivity index (χ1n) is 8.64. The average Bonchev–Trinajstić information content (AvgIpc) is 2.95. The summed E-state index contributed by atoms with van der Waals surface area (Å²) in [6.07, 6.45) is 0.626. The van der Waals surface area contributed by atoms with Crippen molar-refractivity contribution in [2.75, 3.05) is 10.2 Å². The Balaban J connectivity index is 1.94. The number of benzene rings is 2. The molecule has 3 N–H and O–H groups in total. The number of hydrogen-bond donors (Lipinski definition) is 3. The number of rotatable bonds is 6. The third kappa shape index (κ3) is 3.57. The number of aromatic carboxylic acids is 2. The number of amides is 2. The number of hydrogen-bond acceptors (Lipinski definition) is 5. The molecule has 8 nitrogen and oxygen atoms in total. The molecule has 0 spiro atoms. The Morgan fingerprint density at radius 3 is 2.25 bits per heavy atom. The van der Waals surface area contributed by atoms with E-state index in [9.17, 15) is 29.4 Å². The Labute approximate surface area is 160 Å². The molecule has 2 aromatic carbocycles. The van der Waals surface area contributed by atoms with Crippen LogP contribution in [0.2, 0.25) is 0 Å². The highest BCUT2D eigenvalue weighted by atomic mass is 16.4. The van der Waals surface area contributed by atoms with E-state index in [4.69, 9.17) is 0 Å². The summed E-state index contributed by atoms with van der Waals surface area (Å²) in [5.74, 6) is -3.80. The van der Waals surface area contributed by atoms with Gasteiger partial charge in [0, 0.05) is 5.69 Å². The normalized spacial score (nSPS) is 16.3. The predicted molar refractivity (Wildman–Crippen MR) is 101 cm³/mol. The van der Waals surface area contributed by atoms with Crippen LogP contribution in [0.25, 0.3) is 0 Å². The first-order valence-corrected chi connectivity index (χ1v) is 8.64. The third-order valence-electron chi connectivity index (χ3n) is 4.54. The summed E-state index contributed by atoms with van der Waals surface area (Å²) in [4.78, 5) is 48.7. The van der Waals surface area contributed by atoms with Gasteiger partial charge in [-0.3, -0.25) is 9.59 Å². The fraction of sp³-hybridized carbons (Fsp3) is 0.200. The summed E-state index contributed by atoms with van der Waals surface area (Å²) in [5, 5.41) is 21.5. The van der Waals surface area contributed by atoms with Crippen molar-refractivity contribution in [3.05, 3.63) is 59.2 Å². The lowest BCUT2D eigenvalue weighted by molar-refractivity contribution is -0.121. The highest BCUT2D eigenvalue weighted by Crippen LogP contribution is 2.28. The molecule has 0 bridgehead atoms. The monoisotopic (exact) mass is 382 g/mol. The van der Waals surface area contributed by atoms with E-state index in [-0.39, 0.29) is 23.2 Å². The third-order valence-corrected chi connectivity index (χ3v) is 4.54. The number of para-hydroxylation sites is 1. The Kier molecular flexibility index (Phi) is 5.12. The van der Waals surface area contributed by atoms with Crippen LogP contribution < -0.4 is 10.2 Å². The predicted octanol–water partition coefficient (Wildman–Crippen LogP) is 2.39. The zero-order chi connectivity index (χ0) is 20.4. The van der Waals surface area contributed by atoms with Gasteiger partial charge in [-0.2, -0.15) is 0 Å². The lowest BCUT2D eigenvalue weighted by atomic mass is 10.1. The van der Waals surface area contributed by atoms with Crippen LogP contribution in [0, 0.1) is 0 Å². The second-order valence-electron chi connectivity index (χ2n) is 6.36. The van der Waals surface area contributed by atoms with Gasteiger partial charge in [0.05, 0.1) is 23.2 Å². The van der Waals surface area contributed by atoms with Gasteiger partial charge >= 0.3 is 11.9 Å². The zero-order valence-corrected chi connectivity index (χ0v) is 15.0. The molecule has 1 fully saturated rings. The van der Waals surface area contributed by atoms with Gasteiger partial charge in [-0.15, -0.1) is 0 Å². The number of carbonyl (C=O) groups excluding carboxylic acids is 2. The van der Waals surface area contributed by atoms with E-state index >= 15 is 0 Å². The molecule has 8 heteroatoms. The maximum atomic E-state index is 12.8. The van der Waals surface area contributed by atoms with E-state index in [1.54, 1.807) is 0 Å². The van der Waals surface area contributed by atoms with E-state index in [1.807, 2.05) is 31.2 Å². The zero-order valence-electron chi connectivity index (χ0n) is 15.0. The quantitative estimate of drug-likeness (QED) is 0.655. The summed E-state index contributed by atoms with van der Waals surface area (Å²) < 4.78 is 0. The number of nitrogens with zero attached hydrogens (tertiary/aromatic N) is 1. The van der Waals surface area contributed by atoms with Gasteiger partial charge in [-0.05, 0) is 36.2 Å². The van der Waals surface area contributed by atoms with Crippen molar-refractivity contribution in [3.8, 4) is 0 Å². The Morgan fingerprint density at radius 1 is 1.07 bits per heavy atom. The number of aryl methyl sites for hydroxylation is 1. The van der Waals surface area contributed by atoms with E-state index in [1.165, 1.54) is 0 Å². The number of carboxylic acid groups (broad SMARTS) is 2. The molecule has 28 heavy (non-hydrogen) atoms. The van der Waals surface area contributed by atoms with Crippen LogP contribution in [-0.4, -0.2) is 40.0 Å². The average molecular weight is 382 g/mol. The van der Waals surface area contributed by atoms with Gasteiger partial charge in [0.1, 0.15) is 6.04 Å². The van der Waals surface area contributed by atoms with E-state index in [0.717, 1.165) is 40.8 Å². The molecule has 1 atom stereocenters. The molecule has 1 aliphatic heterocycles. The van der Waals surface area contributed by atoms with Crippen molar-refractivity contribution in [2.45, 2.75) is 25.8 Å². The number of nitrogens with one attached hydrogen (secondary N) is 1. The lowest BCUT2D eigenvalue weighted by Crippen LogP contribution is -2.35. The molecule has 2 amide bonds. The van der Waals surface area contributed by atoms with Crippen LogP contribution >= 0.6 is 0 Å². The van der Waals surface area contributed by atoms with Gasteiger partial charge in [-0.1, -0.05) is 25.1 Å². The van der Waals surface area contributed by atoms with Crippen molar-refractivity contribution in [1.29, 1.82) is 0 Å². The maximum absolute atomic E-state index is 12.8. The molecule has 1 heterocycles. The fourth-order valence-electron chi connectivity index (χ4n) is 3.16. The van der Waals surface area contributed by atoms with Crippen LogP contribution in [0.1, 0.15) is 39.6 Å². The molecule has 1 aliphatic rings. The van der Waals surface area contributed by atoms with Crippen molar-refractivity contribution in [3.63, 3.8) is 0 Å². The van der Waals surface area contributed by atoms with Crippen LogP contribution in [0.3, 0.4) is 0 Å². The Morgan fingerprint density at radius 2 is 1.68 bits per heavy atom. The second kappa shape index (κ2) is 7.51. The second-order valence-corrected chi connectivity index (χ2v) is 6.36. The highest BCUT2D eigenvalue weighted by molar-refractivity contribution is 6.23. The minimum Gasteiger partial charge on any atom is -0.478 e. The van der Waals surface area contributed by atoms with Gasteiger partial charge in [0.2, 0.25) is 5.91 Å². The molecule has 144 valence electrons. The van der Waals surface area contributed by atoms with Crippen molar-refractivity contribution >= 4 is 35.1 Å². The molecule has 0 aromatic heterocycles. The minimum absolute atomic E-state index is 0.0691. The van der Waals surface area contributed by atoms with Crippen molar-refractivity contribution in [1.82, 2.24) is 0 Å². The van der Waals surface area contributed by atoms with E-state index in [0.29, 0.717) is 0 Å². The number of carboxylic acids is 2. The summed E-state index contributed by atoms with van der Waals surface area (Å²) in [7, 11) is 0. The Bertz CT molecular complexity index is 952. The van der Waals surface area contributed by atoms with Crippen molar-refractivity contribution in [2.24, 2.45) is 0 Å². The smallest absolute Gasteiger partial charge is 0.335 e. The lowest BCUT2D eigenvalue weighted by Gasteiger charge is -2.18. The summed E-state index contributed by atoms with van der Waals surface area (Å²) in [6.45, 7) is 1.97. The summed E-state index contributed by atoms with van der Waals surface area (Å²) in [5.41, 5.74) is 1.03. The van der Waals surface area contributed by atoms with Crippen LogP contribution in [-0.2, 0) is 16.0 Å². The maximum Gasteiger partial charge on any atom is 0.335 e. The molecule has 0 aliphatic carbocycles. The summed E-state index contributed by atoms with van der Waals surface area (Å²) in [6, 6.07) is 9.82. The molecule has 2 aromatic rings. The van der Waals surface area contributed by atoms with Crippen LogP contribution in [0.15, 0.2) is 42.5 Å². The standard InChI is InChI=1S/C20H18N2O6/c1-2-11-5-3-4-6-15(11)21-16-10-17(23)22(18(16)24)14-8-12(19(25)26)7-13(9-14)20(27)28/h3-9,16,21H,2,10H2,1H3,(H,25,26)(H,27,28). The molecule has 0 saturated carbocycles. The molecule has 1 unspecified atom stereocenters. The number of carbonyl (C=O) groups is 4. The van der Waals surface area contributed by atoms with Gasteiger partial charge < -0.3 is 15.5 Å². The first-order chi connectivity index (χ1) is 13.3. The molecule has 3 rings (SSSR count). The van der Waals surface area contributed by atoms with E-state index in [2.05, 4.69) is 5.32 Å². The first kappa shape index (κ1) is 19.1. The highest BCUT2D eigenvalue weighted by Gasteiger charge is 2.40. The fourth-order valence-corrected chi connectivity index (χ4v) is 3.16. The minimum atomic E-state index is -1.35. The topological polar surface area (TPSA) is 124 Å². The summed E-state index contributed by atoms with van der Waals surface area (Å²) >= 11 is 0. The van der Waals surface area contributed by atoms with Gasteiger partial charge in [-0.25, -0.2) is 14.5 Å². The Hall–Kier alpha value is -3.68. The van der Waals surface area contributed by atoms with E-state index < -0.39 is 29.8 Å². The van der Waals surface area contributed by atoms with Crippen molar-refractivity contribution < 1.29 is 29.4 Å². The van der Waals surface area contributed by atoms with Gasteiger partial charge in [0.25, 0.3) is 5.91 Å². The molecule has 1 saturated heterocycles. The molecule has 0 radical (unpaired) electrons. The van der Waals surface area contributed by atoms with Crippen LogP contribution in [0.5, 0.6) is 0 Å². The van der Waals surface area contributed by atoms with Crippen LogP contribution in [0.4, 0.5) is 11.4 Å².